The van der Waals surface area contributed by atoms with Crippen molar-refractivity contribution in [3.63, 3.8) is 0 Å². The average Bonchev–Trinajstić information content (AvgIpc) is 3.23. The SMILES string of the molecule is C[C@@H](Oc1ccccc1)c1nnc(SCC(=O)Nc2nncs2)n1C. The lowest BCUT2D eigenvalue weighted by Gasteiger charge is -2.14. The summed E-state index contributed by atoms with van der Waals surface area (Å²) >= 11 is 2.57. The molecule has 0 bridgehead atoms. The van der Waals surface area contributed by atoms with Crippen molar-refractivity contribution in [3.8, 4) is 5.75 Å². The highest BCUT2D eigenvalue weighted by molar-refractivity contribution is 7.99. The molecule has 0 aliphatic heterocycles. The maximum Gasteiger partial charge on any atom is 0.236 e. The molecule has 0 saturated heterocycles. The Kier molecular flexibility index (Phi) is 5.61. The Morgan fingerprint density at radius 3 is 2.84 bits per heavy atom. The Morgan fingerprint density at radius 1 is 1.32 bits per heavy atom. The van der Waals surface area contributed by atoms with E-state index >= 15 is 0 Å². The van der Waals surface area contributed by atoms with Crippen LogP contribution in [0, 0.1) is 0 Å². The Balaban J connectivity index is 1.58. The second-order valence-corrected chi connectivity index (χ2v) is 6.83. The first kappa shape index (κ1) is 17.4. The minimum atomic E-state index is -0.260. The number of anilines is 1. The maximum absolute atomic E-state index is 11.9. The molecule has 3 rings (SSSR count). The van der Waals surface area contributed by atoms with Crippen LogP contribution in [-0.2, 0) is 11.8 Å². The fraction of sp³-hybridized carbons (Fsp3) is 0.267. The molecule has 0 aliphatic carbocycles. The van der Waals surface area contributed by atoms with Crippen molar-refractivity contribution in [2.24, 2.45) is 7.05 Å². The molecule has 0 saturated carbocycles. The van der Waals surface area contributed by atoms with Gasteiger partial charge in [0.05, 0.1) is 5.75 Å². The Hall–Kier alpha value is -2.46. The lowest BCUT2D eigenvalue weighted by molar-refractivity contribution is -0.113. The standard InChI is InChI=1S/C15H16N6O2S2/c1-10(23-11-6-4-3-5-7-11)13-18-20-15(21(13)2)24-8-12(22)17-14-19-16-9-25-14/h3-7,9-10H,8H2,1-2H3,(H,17,19,22)/t10-/m1/s1. The number of hydrogen-bond donors (Lipinski definition) is 1. The minimum Gasteiger partial charge on any atom is -0.483 e. The second-order valence-electron chi connectivity index (χ2n) is 5.05. The molecule has 0 aliphatic rings. The van der Waals surface area contributed by atoms with Crippen molar-refractivity contribution in [3.05, 3.63) is 41.7 Å². The lowest BCUT2D eigenvalue weighted by Crippen LogP contribution is -2.14. The number of ether oxygens (including phenoxy) is 1. The summed E-state index contributed by atoms with van der Waals surface area (Å²) in [4.78, 5) is 11.9. The molecular weight excluding hydrogens is 360 g/mol. The van der Waals surface area contributed by atoms with Gasteiger partial charge < -0.3 is 9.30 Å². The van der Waals surface area contributed by atoms with Crippen molar-refractivity contribution in [1.82, 2.24) is 25.0 Å². The monoisotopic (exact) mass is 376 g/mol. The van der Waals surface area contributed by atoms with E-state index in [1.165, 1.54) is 23.1 Å². The van der Waals surface area contributed by atoms with E-state index in [4.69, 9.17) is 4.74 Å². The number of thioether (sulfide) groups is 1. The summed E-state index contributed by atoms with van der Waals surface area (Å²) < 4.78 is 7.69. The number of rotatable bonds is 7. The first-order valence-corrected chi connectivity index (χ1v) is 9.30. The van der Waals surface area contributed by atoms with Gasteiger partial charge in [-0.2, -0.15) is 0 Å². The van der Waals surface area contributed by atoms with E-state index in [0.717, 1.165) is 5.75 Å². The Bertz CT molecular complexity index is 822. The fourth-order valence-electron chi connectivity index (χ4n) is 2.07. The summed E-state index contributed by atoms with van der Waals surface area (Å²) in [5.41, 5.74) is 1.56. The van der Waals surface area contributed by atoms with Gasteiger partial charge in [0.2, 0.25) is 11.0 Å². The summed E-state index contributed by atoms with van der Waals surface area (Å²) in [5.74, 6) is 1.50. The van der Waals surface area contributed by atoms with E-state index in [9.17, 15) is 4.79 Å². The second kappa shape index (κ2) is 8.08. The lowest BCUT2D eigenvalue weighted by atomic mass is 10.3. The highest BCUT2D eigenvalue weighted by atomic mass is 32.2. The van der Waals surface area contributed by atoms with Crippen molar-refractivity contribution >= 4 is 34.1 Å². The molecule has 2 aromatic heterocycles. The molecule has 2 heterocycles. The molecule has 8 nitrogen and oxygen atoms in total. The van der Waals surface area contributed by atoms with Gasteiger partial charge in [-0.3, -0.25) is 10.1 Å². The van der Waals surface area contributed by atoms with Gasteiger partial charge >= 0.3 is 0 Å². The molecular formula is C15H16N6O2S2. The minimum absolute atomic E-state index is 0.167. The highest BCUT2D eigenvalue weighted by Crippen LogP contribution is 2.23. The zero-order valence-electron chi connectivity index (χ0n) is 13.6. The molecule has 130 valence electrons. The first-order chi connectivity index (χ1) is 12.1. The van der Waals surface area contributed by atoms with Gasteiger partial charge in [-0.1, -0.05) is 41.3 Å². The fourth-order valence-corrected chi connectivity index (χ4v) is 3.25. The molecule has 1 atom stereocenters. The largest absolute Gasteiger partial charge is 0.483 e. The van der Waals surface area contributed by atoms with Crippen molar-refractivity contribution in [2.45, 2.75) is 18.2 Å². The molecule has 3 aromatic rings. The van der Waals surface area contributed by atoms with Crippen LogP contribution in [-0.4, -0.2) is 36.6 Å². The molecule has 1 amide bonds. The van der Waals surface area contributed by atoms with Gasteiger partial charge in [0.1, 0.15) is 11.3 Å². The van der Waals surface area contributed by atoms with Crippen LogP contribution in [0.4, 0.5) is 5.13 Å². The van der Waals surface area contributed by atoms with Crippen LogP contribution in [0.25, 0.3) is 0 Å². The number of nitrogens with one attached hydrogen (secondary N) is 1. The van der Waals surface area contributed by atoms with Crippen molar-refractivity contribution < 1.29 is 9.53 Å². The van der Waals surface area contributed by atoms with E-state index in [2.05, 4.69) is 25.7 Å². The van der Waals surface area contributed by atoms with Gasteiger partial charge in [-0.25, -0.2) is 0 Å². The molecule has 0 unspecified atom stereocenters. The summed E-state index contributed by atoms with van der Waals surface area (Å²) in [6.45, 7) is 1.91. The summed E-state index contributed by atoms with van der Waals surface area (Å²) in [5, 5.41) is 19.6. The topological polar surface area (TPSA) is 94.8 Å². The maximum atomic E-state index is 11.9. The molecule has 10 heteroatoms. The van der Waals surface area contributed by atoms with Crippen LogP contribution in [0.3, 0.4) is 0 Å². The van der Waals surface area contributed by atoms with Crippen LogP contribution in [0.5, 0.6) is 5.75 Å². The summed E-state index contributed by atoms with van der Waals surface area (Å²) in [7, 11) is 1.85. The third-order valence-corrected chi connectivity index (χ3v) is 4.85. The first-order valence-electron chi connectivity index (χ1n) is 7.43. The molecule has 0 spiro atoms. The molecule has 25 heavy (non-hydrogen) atoms. The quantitative estimate of drug-likeness (QED) is 0.633. The van der Waals surface area contributed by atoms with Crippen LogP contribution >= 0.6 is 23.1 Å². The van der Waals surface area contributed by atoms with Crippen LogP contribution in [0.2, 0.25) is 0 Å². The third kappa shape index (κ3) is 4.54. The van der Waals surface area contributed by atoms with E-state index in [0.29, 0.717) is 16.1 Å². The van der Waals surface area contributed by atoms with E-state index in [1.807, 2.05) is 48.9 Å². The predicted octanol–water partition coefficient (Wildman–Crippen LogP) is 2.54. The number of carbonyl (C=O) groups excluding carboxylic acids is 1. The number of nitrogens with zero attached hydrogens (tertiary/aromatic N) is 5. The molecule has 1 N–H and O–H groups in total. The Morgan fingerprint density at radius 2 is 2.12 bits per heavy atom. The van der Waals surface area contributed by atoms with Gasteiger partial charge in [-0.15, -0.1) is 20.4 Å². The number of aromatic nitrogens is 5. The predicted molar refractivity (Wildman–Crippen MR) is 95.8 cm³/mol. The average molecular weight is 376 g/mol. The van der Waals surface area contributed by atoms with Gasteiger partial charge in [0.15, 0.2) is 17.1 Å². The summed E-state index contributed by atoms with van der Waals surface area (Å²) in [6.07, 6.45) is -0.260. The van der Waals surface area contributed by atoms with E-state index in [1.54, 1.807) is 5.51 Å². The normalized spacial score (nSPS) is 11.9. The molecule has 0 fully saturated rings. The van der Waals surface area contributed by atoms with Crippen molar-refractivity contribution in [1.29, 1.82) is 0 Å². The highest BCUT2D eigenvalue weighted by Gasteiger charge is 2.18. The van der Waals surface area contributed by atoms with Crippen LogP contribution in [0.1, 0.15) is 18.9 Å². The van der Waals surface area contributed by atoms with Gasteiger partial charge in [0, 0.05) is 7.05 Å². The Labute approximate surface area is 152 Å². The van der Waals surface area contributed by atoms with Crippen LogP contribution in [0.15, 0.2) is 41.0 Å². The smallest absolute Gasteiger partial charge is 0.236 e. The van der Waals surface area contributed by atoms with E-state index in [-0.39, 0.29) is 17.8 Å². The number of amides is 1. The molecule has 1 aromatic carbocycles. The van der Waals surface area contributed by atoms with Gasteiger partial charge in [0.25, 0.3) is 0 Å². The molecule has 0 radical (unpaired) electrons. The zero-order valence-corrected chi connectivity index (χ0v) is 15.3. The van der Waals surface area contributed by atoms with E-state index < -0.39 is 0 Å². The number of benzene rings is 1. The van der Waals surface area contributed by atoms with Crippen LogP contribution < -0.4 is 10.1 Å². The third-order valence-electron chi connectivity index (χ3n) is 3.23. The number of para-hydroxylation sites is 1. The number of carbonyl (C=O) groups is 1. The number of hydrogen-bond acceptors (Lipinski definition) is 8. The summed E-state index contributed by atoms with van der Waals surface area (Å²) in [6, 6.07) is 9.54. The van der Waals surface area contributed by atoms with Crippen molar-refractivity contribution in [2.75, 3.05) is 11.1 Å². The van der Waals surface area contributed by atoms with Gasteiger partial charge in [-0.05, 0) is 19.1 Å². The zero-order chi connectivity index (χ0) is 17.6.